The Morgan fingerprint density at radius 2 is 2.00 bits per heavy atom. The van der Waals surface area contributed by atoms with Crippen molar-refractivity contribution in [3.63, 3.8) is 0 Å². The van der Waals surface area contributed by atoms with Crippen molar-refractivity contribution >= 4 is 20.9 Å². The first kappa shape index (κ1) is 11.6. The second kappa shape index (κ2) is 6.87. The zero-order valence-corrected chi connectivity index (χ0v) is 10.0. The van der Waals surface area contributed by atoms with Gasteiger partial charge in [-0.3, -0.25) is 0 Å². The van der Waals surface area contributed by atoms with Gasteiger partial charge in [-0.25, -0.2) is 0 Å². The van der Waals surface area contributed by atoms with E-state index >= 15 is 0 Å². The summed E-state index contributed by atoms with van der Waals surface area (Å²) in [6.07, 6.45) is -0.581. The molecule has 0 aliphatic carbocycles. The maximum absolute atomic E-state index is 9.07. The fraction of sp³-hybridized carbons (Fsp3) is 0.273. The van der Waals surface area contributed by atoms with Crippen LogP contribution < -0.4 is 0 Å². The van der Waals surface area contributed by atoms with Crippen LogP contribution in [-0.4, -0.2) is 43.8 Å². The fourth-order valence-corrected chi connectivity index (χ4v) is 2.44. The molecule has 1 rings (SSSR count). The predicted molar refractivity (Wildman–Crippen MR) is 57.0 cm³/mol. The molecule has 0 bridgehead atoms. The Kier molecular flexibility index (Phi) is 5.68. The number of hydrogen-bond donors (Lipinski definition) is 2. The van der Waals surface area contributed by atoms with Crippen molar-refractivity contribution in [3.8, 4) is 9.89 Å². The molecule has 0 saturated heterocycles. The zero-order chi connectivity index (χ0) is 10.2. The molecule has 14 heavy (non-hydrogen) atoms. The van der Waals surface area contributed by atoms with Gasteiger partial charge >= 0.3 is 94.1 Å². The van der Waals surface area contributed by atoms with E-state index in [-0.39, 0.29) is 6.61 Å². The van der Waals surface area contributed by atoms with Gasteiger partial charge < -0.3 is 0 Å². The third-order valence-corrected chi connectivity index (χ3v) is 3.80. The molecule has 2 nitrogen and oxygen atoms in total. The van der Waals surface area contributed by atoms with Crippen molar-refractivity contribution in [2.24, 2.45) is 0 Å². The average molecular weight is 304 g/mol. The molecule has 1 aromatic carbocycles. The van der Waals surface area contributed by atoms with Gasteiger partial charge in [0.05, 0.1) is 0 Å². The molecule has 0 aliphatic heterocycles. The number of aliphatic hydroxyl groups excluding tert-OH is 2. The molecule has 0 amide bonds. The van der Waals surface area contributed by atoms with Crippen LogP contribution in [0.4, 0.5) is 0 Å². The van der Waals surface area contributed by atoms with E-state index in [0.29, 0.717) is 4.47 Å². The Bertz CT molecular complexity index is 313. The number of hydrogen-bond acceptors (Lipinski definition) is 2. The van der Waals surface area contributed by atoms with Crippen LogP contribution >= 0.6 is 0 Å². The van der Waals surface area contributed by atoms with Crippen molar-refractivity contribution in [2.75, 3.05) is 6.61 Å². The van der Waals surface area contributed by atoms with Crippen molar-refractivity contribution < 1.29 is 10.2 Å². The van der Waals surface area contributed by atoms with Crippen LogP contribution in [0.25, 0.3) is 0 Å². The van der Waals surface area contributed by atoms with Crippen LogP contribution in [0.15, 0.2) is 30.3 Å². The van der Waals surface area contributed by atoms with Gasteiger partial charge in [-0.1, -0.05) is 0 Å². The third kappa shape index (κ3) is 4.65. The molecule has 2 N–H and O–H groups in total. The van der Waals surface area contributed by atoms with Crippen molar-refractivity contribution in [3.05, 3.63) is 35.9 Å². The Balaban J connectivity index is 2.34. The summed E-state index contributed by atoms with van der Waals surface area (Å²) >= 11 is -0.487. The van der Waals surface area contributed by atoms with E-state index in [1.807, 2.05) is 30.3 Å². The Morgan fingerprint density at radius 1 is 1.29 bits per heavy atom. The molecule has 3 heteroatoms. The zero-order valence-electron chi connectivity index (χ0n) is 7.68. The minimum absolute atomic E-state index is 0.155. The summed E-state index contributed by atoms with van der Waals surface area (Å²) < 4.78 is 3.73. The van der Waals surface area contributed by atoms with E-state index in [1.165, 1.54) is 0 Å². The normalized spacial score (nSPS) is 11.6. The van der Waals surface area contributed by atoms with Crippen LogP contribution in [0.1, 0.15) is 5.56 Å². The van der Waals surface area contributed by atoms with Gasteiger partial charge in [-0.2, -0.15) is 0 Å². The summed E-state index contributed by atoms with van der Waals surface area (Å²) in [5.41, 5.74) is 1.01. The molecular weight excluding hydrogens is 292 g/mol. The maximum atomic E-state index is 9.07. The molecule has 0 spiro atoms. The quantitative estimate of drug-likeness (QED) is 0.630. The molecule has 0 aromatic heterocycles. The fourth-order valence-electron chi connectivity index (χ4n) is 0.807. The molecule has 0 heterocycles. The molecule has 0 aliphatic rings. The topological polar surface area (TPSA) is 40.5 Å². The van der Waals surface area contributed by atoms with Crippen molar-refractivity contribution in [1.29, 1.82) is 0 Å². The van der Waals surface area contributed by atoms with E-state index < -0.39 is 27.0 Å². The Labute approximate surface area is 94.0 Å². The predicted octanol–water partition coefficient (Wildman–Crippen LogP) is 0.471. The molecule has 0 saturated carbocycles. The van der Waals surface area contributed by atoms with Gasteiger partial charge in [0, 0.05) is 0 Å². The van der Waals surface area contributed by atoms with E-state index in [4.69, 9.17) is 10.2 Å². The summed E-state index contributed by atoms with van der Waals surface area (Å²) in [4.78, 5) is 0. The molecule has 1 atom stereocenters. The second-order valence-corrected chi connectivity index (χ2v) is 5.10. The standard InChI is InChI=1S/C11H12O2Te/c12-8-11(13)9-14-7-6-10-4-2-1-3-5-10/h1-5,11-13H,8-9H2. The summed E-state index contributed by atoms with van der Waals surface area (Å²) in [5.74, 6) is 3.04. The molecule has 0 radical (unpaired) electrons. The molecule has 74 valence electrons. The first-order valence-corrected chi connectivity index (χ1v) is 7.11. The van der Waals surface area contributed by atoms with E-state index in [1.54, 1.807) is 0 Å². The van der Waals surface area contributed by atoms with Crippen LogP contribution in [0.3, 0.4) is 0 Å². The van der Waals surface area contributed by atoms with Gasteiger partial charge in [0.2, 0.25) is 0 Å². The monoisotopic (exact) mass is 306 g/mol. The van der Waals surface area contributed by atoms with Crippen molar-refractivity contribution in [1.82, 2.24) is 0 Å². The van der Waals surface area contributed by atoms with Gasteiger partial charge in [0.15, 0.2) is 0 Å². The van der Waals surface area contributed by atoms with E-state index in [2.05, 4.69) is 9.89 Å². The molecular formula is C11H12O2Te. The minimum atomic E-state index is -0.581. The second-order valence-electron chi connectivity index (χ2n) is 2.74. The molecule has 1 aromatic rings. The average Bonchev–Trinajstić information content (AvgIpc) is 2.25. The summed E-state index contributed by atoms with van der Waals surface area (Å²) in [7, 11) is 0. The van der Waals surface area contributed by atoms with Crippen LogP contribution in [0.5, 0.6) is 0 Å². The SMILES string of the molecule is OCC(O)C[Te]C#Cc1ccccc1. The number of aliphatic hydroxyl groups is 2. The van der Waals surface area contributed by atoms with Gasteiger partial charge in [0.1, 0.15) is 0 Å². The van der Waals surface area contributed by atoms with E-state index in [9.17, 15) is 0 Å². The van der Waals surface area contributed by atoms with Gasteiger partial charge in [-0.15, -0.1) is 0 Å². The molecule has 0 fully saturated rings. The van der Waals surface area contributed by atoms with Crippen LogP contribution in [0.2, 0.25) is 4.47 Å². The summed E-state index contributed by atoms with van der Waals surface area (Å²) in [5, 5.41) is 17.6. The first-order chi connectivity index (χ1) is 6.83. The van der Waals surface area contributed by atoms with Crippen LogP contribution in [-0.2, 0) is 0 Å². The summed E-state index contributed by atoms with van der Waals surface area (Å²) in [6, 6.07) is 9.78. The number of benzene rings is 1. The van der Waals surface area contributed by atoms with Gasteiger partial charge in [0.25, 0.3) is 0 Å². The number of rotatable bonds is 3. The third-order valence-electron chi connectivity index (χ3n) is 1.53. The Hall–Kier alpha value is -0.510. The van der Waals surface area contributed by atoms with Crippen LogP contribution in [0, 0.1) is 9.89 Å². The van der Waals surface area contributed by atoms with Crippen molar-refractivity contribution in [2.45, 2.75) is 10.6 Å². The van der Waals surface area contributed by atoms with E-state index in [0.717, 1.165) is 5.56 Å². The molecule has 1 unspecified atom stereocenters. The first-order valence-electron chi connectivity index (χ1n) is 4.29. The Morgan fingerprint density at radius 3 is 2.64 bits per heavy atom. The van der Waals surface area contributed by atoms with Gasteiger partial charge in [-0.05, 0) is 0 Å². The summed E-state index contributed by atoms with van der Waals surface area (Å²) in [6.45, 7) is -0.155.